The van der Waals surface area contributed by atoms with Crippen molar-refractivity contribution < 1.29 is 4.79 Å². The Kier molecular flexibility index (Phi) is 7.25. The van der Waals surface area contributed by atoms with Crippen molar-refractivity contribution in [1.82, 2.24) is 15.3 Å². The van der Waals surface area contributed by atoms with Crippen LogP contribution in [0.3, 0.4) is 0 Å². The number of nitrogens with zero attached hydrogens (tertiary/aromatic N) is 3. The Morgan fingerprint density at radius 2 is 1.96 bits per heavy atom. The van der Waals surface area contributed by atoms with Crippen LogP contribution >= 0.6 is 11.6 Å². The van der Waals surface area contributed by atoms with Crippen LogP contribution in [0.25, 0.3) is 6.08 Å². The first-order chi connectivity index (χ1) is 13.6. The molecule has 148 valence electrons. The number of nitrogens with one attached hydrogen (secondary N) is 2. The van der Waals surface area contributed by atoms with Gasteiger partial charge in [0.1, 0.15) is 17.5 Å². The van der Waals surface area contributed by atoms with E-state index in [9.17, 15) is 4.79 Å². The van der Waals surface area contributed by atoms with Gasteiger partial charge < -0.3 is 15.5 Å². The van der Waals surface area contributed by atoms with Crippen LogP contribution in [-0.4, -0.2) is 42.1 Å². The summed E-state index contributed by atoms with van der Waals surface area (Å²) in [5.41, 5.74) is 0.819. The highest BCUT2D eigenvalue weighted by molar-refractivity contribution is 6.32. The highest BCUT2D eigenvalue weighted by Crippen LogP contribution is 2.20. The Morgan fingerprint density at radius 3 is 2.75 bits per heavy atom. The van der Waals surface area contributed by atoms with Crippen LogP contribution in [0.4, 0.5) is 11.6 Å². The number of aryl methyl sites for hydroxylation is 1. The molecule has 7 heteroatoms. The predicted molar refractivity (Wildman–Crippen MR) is 115 cm³/mol. The molecule has 0 bridgehead atoms. The molecule has 2 N–H and O–H groups in total. The molecular weight excluding hydrogens is 374 g/mol. The van der Waals surface area contributed by atoms with E-state index in [1.54, 1.807) is 12.1 Å². The maximum absolute atomic E-state index is 12.0. The zero-order valence-corrected chi connectivity index (χ0v) is 16.9. The summed E-state index contributed by atoms with van der Waals surface area (Å²) in [4.78, 5) is 23.3. The molecule has 1 aliphatic rings. The van der Waals surface area contributed by atoms with Crippen LogP contribution in [0.5, 0.6) is 0 Å². The van der Waals surface area contributed by atoms with Crippen LogP contribution in [0, 0.1) is 6.92 Å². The lowest BCUT2D eigenvalue weighted by atomic mass is 10.1. The molecule has 1 fully saturated rings. The normalized spacial score (nSPS) is 14.3. The maximum Gasteiger partial charge on any atom is 0.244 e. The van der Waals surface area contributed by atoms with E-state index in [1.165, 1.54) is 25.3 Å². The molecule has 0 unspecified atom stereocenters. The first kappa shape index (κ1) is 20.1. The van der Waals surface area contributed by atoms with Gasteiger partial charge in [-0.05, 0) is 43.9 Å². The molecule has 0 saturated carbocycles. The Morgan fingerprint density at radius 1 is 1.18 bits per heavy atom. The second kappa shape index (κ2) is 10.1. The number of carbonyl (C=O) groups is 1. The van der Waals surface area contributed by atoms with Crippen molar-refractivity contribution in [3.05, 3.63) is 52.8 Å². The van der Waals surface area contributed by atoms with E-state index >= 15 is 0 Å². The van der Waals surface area contributed by atoms with Gasteiger partial charge in [-0.15, -0.1) is 0 Å². The maximum atomic E-state index is 12.0. The summed E-state index contributed by atoms with van der Waals surface area (Å²) in [7, 11) is 0. The van der Waals surface area contributed by atoms with Gasteiger partial charge in [0.2, 0.25) is 5.91 Å². The van der Waals surface area contributed by atoms with E-state index in [4.69, 9.17) is 11.6 Å². The number of rotatable bonds is 7. The molecule has 0 aliphatic carbocycles. The smallest absolute Gasteiger partial charge is 0.244 e. The first-order valence-electron chi connectivity index (χ1n) is 9.67. The number of hydrogen-bond donors (Lipinski definition) is 2. The van der Waals surface area contributed by atoms with Crippen molar-refractivity contribution in [3.63, 3.8) is 0 Å². The molecule has 1 saturated heterocycles. The Bertz CT molecular complexity index is 833. The molecule has 0 atom stereocenters. The fourth-order valence-corrected chi connectivity index (χ4v) is 3.34. The first-order valence-corrected chi connectivity index (χ1v) is 10.0. The minimum atomic E-state index is -0.158. The summed E-state index contributed by atoms with van der Waals surface area (Å²) in [6.45, 7) is 5.07. The highest BCUT2D eigenvalue weighted by Gasteiger charge is 2.13. The fourth-order valence-electron chi connectivity index (χ4n) is 3.14. The largest absolute Gasteiger partial charge is 0.368 e. The standard InChI is InChI=1S/C21H26ClN5O/c1-16-25-19(15-20(26-16)27-13-5-2-6-14-27)23-11-12-24-21(28)10-9-17-7-3-4-8-18(17)22/h3-4,7-10,15H,2,5-6,11-14H2,1H3,(H,24,28)(H,23,25,26)/b10-9+. The number of anilines is 2. The fraction of sp³-hybridized carbons (Fsp3) is 0.381. The Labute approximate surface area is 171 Å². The van der Waals surface area contributed by atoms with Gasteiger partial charge in [-0.3, -0.25) is 4.79 Å². The van der Waals surface area contributed by atoms with Crippen LogP contribution in [0.15, 0.2) is 36.4 Å². The summed E-state index contributed by atoms with van der Waals surface area (Å²) in [5.74, 6) is 2.35. The monoisotopic (exact) mass is 399 g/mol. The zero-order valence-electron chi connectivity index (χ0n) is 16.1. The minimum Gasteiger partial charge on any atom is -0.368 e. The number of halogens is 1. The van der Waals surface area contributed by atoms with Gasteiger partial charge in [0.05, 0.1) is 0 Å². The van der Waals surface area contributed by atoms with Crippen molar-refractivity contribution in [2.45, 2.75) is 26.2 Å². The molecule has 1 aliphatic heterocycles. The van der Waals surface area contributed by atoms with E-state index in [-0.39, 0.29) is 5.91 Å². The van der Waals surface area contributed by atoms with Crippen LogP contribution in [0.2, 0.25) is 5.02 Å². The van der Waals surface area contributed by atoms with Crippen molar-refractivity contribution in [2.24, 2.45) is 0 Å². The molecule has 3 rings (SSSR count). The predicted octanol–water partition coefficient (Wildman–Crippen LogP) is 3.67. The average Bonchev–Trinajstić information content (AvgIpc) is 2.71. The summed E-state index contributed by atoms with van der Waals surface area (Å²) >= 11 is 6.08. The minimum absolute atomic E-state index is 0.158. The molecule has 1 aromatic carbocycles. The van der Waals surface area contributed by atoms with Crippen LogP contribution in [-0.2, 0) is 4.79 Å². The zero-order chi connectivity index (χ0) is 19.8. The average molecular weight is 400 g/mol. The molecular formula is C21H26ClN5O. The number of carbonyl (C=O) groups excluding carboxylic acids is 1. The third-order valence-corrected chi connectivity index (χ3v) is 4.90. The number of aromatic nitrogens is 2. The van der Waals surface area contributed by atoms with Crippen molar-refractivity contribution in [2.75, 3.05) is 36.4 Å². The van der Waals surface area contributed by atoms with Gasteiger partial charge in [0, 0.05) is 43.3 Å². The molecule has 2 aromatic rings. The third-order valence-electron chi connectivity index (χ3n) is 4.55. The summed E-state index contributed by atoms with van der Waals surface area (Å²) in [6.07, 6.45) is 6.91. The second-order valence-corrected chi connectivity index (χ2v) is 7.19. The highest BCUT2D eigenvalue weighted by atomic mass is 35.5. The van der Waals surface area contributed by atoms with Gasteiger partial charge in [0.25, 0.3) is 0 Å². The topological polar surface area (TPSA) is 70.2 Å². The number of benzene rings is 1. The van der Waals surface area contributed by atoms with E-state index in [1.807, 2.05) is 31.2 Å². The summed E-state index contributed by atoms with van der Waals surface area (Å²) < 4.78 is 0. The van der Waals surface area contributed by atoms with E-state index < -0.39 is 0 Å². The molecule has 2 heterocycles. The summed E-state index contributed by atoms with van der Waals surface area (Å²) in [5, 5.41) is 6.74. The van der Waals surface area contributed by atoms with Crippen molar-refractivity contribution in [3.8, 4) is 0 Å². The Hall–Kier alpha value is -2.60. The van der Waals surface area contributed by atoms with Crippen molar-refractivity contribution in [1.29, 1.82) is 0 Å². The molecule has 6 nitrogen and oxygen atoms in total. The molecule has 1 amide bonds. The number of piperidine rings is 1. The number of hydrogen-bond acceptors (Lipinski definition) is 5. The third kappa shape index (κ3) is 5.96. The lowest BCUT2D eigenvalue weighted by molar-refractivity contribution is -0.116. The van der Waals surface area contributed by atoms with Crippen molar-refractivity contribution >= 4 is 35.2 Å². The molecule has 0 spiro atoms. The summed E-state index contributed by atoms with van der Waals surface area (Å²) in [6, 6.07) is 9.39. The van der Waals surface area contributed by atoms with Gasteiger partial charge in [-0.25, -0.2) is 9.97 Å². The lowest BCUT2D eigenvalue weighted by Gasteiger charge is -2.28. The van der Waals surface area contributed by atoms with Gasteiger partial charge in [-0.1, -0.05) is 29.8 Å². The Balaban J connectivity index is 1.46. The lowest BCUT2D eigenvalue weighted by Crippen LogP contribution is -2.30. The quantitative estimate of drug-likeness (QED) is 0.549. The SMILES string of the molecule is Cc1nc(NCCNC(=O)/C=C/c2ccccc2Cl)cc(N2CCCCC2)n1. The van der Waals surface area contributed by atoms with Gasteiger partial charge in [0.15, 0.2) is 0 Å². The van der Waals surface area contributed by atoms with E-state index in [2.05, 4.69) is 25.5 Å². The second-order valence-electron chi connectivity index (χ2n) is 6.78. The van der Waals surface area contributed by atoms with E-state index in [0.29, 0.717) is 18.1 Å². The van der Waals surface area contributed by atoms with Gasteiger partial charge >= 0.3 is 0 Å². The molecule has 0 radical (unpaired) electrons. The van der Waals surface area contributed by atoms with Crippen LogP contribution in [0.1, 0.15) is 30.7 Å². The molecule has 1 aromatic heterocycles. The van der Waals surface area contributed by atoms with Gasteiger partial charge in [-0.2, -0.15) is 0 Å². The van der Waals surface area contributed by atoms with Crippen LogP contribution < -0.4 is 15.5 Å². The number of amides is 1. The van der Waals surface area contributed by atoms with E-state index in [0.717, 1.165) is 36.1 Å². The molecule has 28 heavy (non-hydrogen) atoms.